The summed E-state index contributed by atoms with van der Waals surface area (Å²) in [6, 6.07) is 17.4. The number of nitrogens with zero attached hydrogens (tertiary/aromatic N) is 2. The first-order valence-corrected chi connectivity index (χ1v) is 9.77. The molecule has 2 N–H and O–H groups in total. The predicted octanol–water partition coefficient (Wildman–Crippen LogP) is 5.42. The van der Waals surface area contributed by atoms with Gasteiger partial charge in [-0.05, 0) is 55.0 Å². The molecule has 2 aromatic heterocycles. The van der Waals surface area contributed by atoms with E-state index in [0.29, 0.717) is 6.04 Å². The summed E-state index contributed by atoms with van der Waals surface area (Å²) in [5, 5.41) is 6.09. The van der Waals surface area contributed by atoms with Crippen LogP contribution in [0.4, 0.5) is 0 Å². The van der Waals surface area contributed by atoms with Crippen molar-refractivity contribution in [1.82, 2.24) is 20.3 Å². The van der Waals surface area contributed by atoms with Gasteiger partial charge in [0.15, 0.2) is 0 Å². The minimum Gasteiger partial charge on any atom is -0.342 e. The normalized spacial score (nSPS) is 12.2. The van der Waals surface area contributed by atoms with Crippen molar-refractivity contribution in [3.63, 3.8) is 0 Å². The zero-order valence-corrected chi connectivity index (χ0v) is 17.0. The van der Waals surface area contributed by atoms with Crippen LogP contribution in [0.1, 0.15) is 37.6 Å². The molecular formula is C23H27ClN4. The second-order valence-corrected chi connectivity index (χ2v) is 7.29. The van der Waals surface area contributed by atoms with Crippen molar-refractivity contribution in [2.45, 2.75) is 45.2 Å². The molecule has 4 rings (SSSR count). The first-order valence-electron chi connectivity index (χ1n) is 9.77. The van der Waals surface area contributed by atoms with Crippen molar-refractivity contribution < 1.29 is 0 Å². The third kappa shape index (κ3) is 5.09. The Hall–Kier alpha value is -2.43. The van der Waals surface area contributed by atoms with Gasteiger partial charge in [0, 0.05) is 36.8 Å². The van der Waals surface area contributed by atoms with Gasteiger partial charge in [0.05, 0.1) is 11.0 Å². The van der Waals surface area contributed by atoms with Gasteiger partial charge in [-0.3, -0.25) is 4.98 Å². The van der Waals surface area contributed by atoms with Gasteiger partial charge in [-0.2, -0.15) is 0 Å². The van der Waals surface area contributed by atoms with E-state index in [2.05, 4.69) is 63.6 Å². The summed E-state index contributed by atoms with van der Waals surface area (Å²) in [5.74, 6) is 1.10. The topological polar surface area (TPSA) is 53.6 Å². The maximum Gasteiger partial charge on any atom is 0.107 e. The van der Waals surface area contributed by atoms with Crippen molar-refractivity contribution in [2.75, 3.05) is 0 Å². The molecule has 2 heterocycles. The quantitative estimate of drug-likeness (QED) is 0.392. The Morgan fingerprint density at radius 2 is 1.93 bits per heavy atom. The highest BCUT2D eigenvalue weighted by atomic mass is 35.5. The Morgan fingerprint density at radius 1 is 1.04 bits per heavy atom. The minimum absolute atomic E-state index is 0. The molecular weight excluding hydrogens is 368 g/mol. The zero-order chi connectivity index (χ0) is 18.5. The van der Waals surface area contributed by atoms with Gasteiger partial charge in [-0.1, -0.05) is 30.7 Å². The first kappa shape index (κ1) is 20.3. The number of pyridine rings is 1. The second kappa shape index (κ2) is 9.67. The Balaban J connectivity index is 0.00000225. The summed E-state index contributed by atoms with van der Waals surface area (Å²) in [4.78, 5) is 12.2. The number of nitrogens with one attached hydrogen (secondary N) is 2. The average molecular weight is 395 g/mol. The number of unbranched alkanes of at least 4 members (excludes halogenated alkanes) is 1. The van der Waals surface area contributed by atoms with Crippen LogP contribution in [0.5, 0.6) is 0 Å². The van der Waals surface area contributed by atoms with Crippen LogP contribution >= 0.6 is 12.4 Å². The van der Waals surface area contributed by atoms with Crippen LogP contribution in [-0.4, -0.2) is 21.0 Å². The summed E-state index contributed by atoms with van der Waals surface area (Å²) in [5.41, 5.74) is 3.52. The molecule has 0 fully saturated rings. The number of halogens is 1. The van der Waals surface area contributed by atoms with Crippen molar-refractivity contribution in [2.24, 2.45) is 0 Å². The second-order valence-electron chi connectivity index (χ2n) is 7.29. The van der Waals surface area contributed by atoms with Gasteiger partial charge >= 0.3 is 0 Å². The molecule has 0 aliphatic rings. The molecule has 5 heteroatoms. The van der Waals surface area contributed by atoms with E-state index in [9.17, 15) is 0 Å². The molecule has 0 bridgehead atoms. The number of aryl methyl sites for hydroxylation is 1. The molecule has 1 atom stereocenters. The predicted molar refractivity (Wildman–Crippen MR) is 119 cm³/mol. The van der Waals surface area contributed by atoms with Crippen molar-refractivity contribution in [3.05, 3.63) is 72.3 Å². The molecule has 0 amide bonds. The van der Waals surface area contributed by atoms with Crippen LogP contribution in [-0.2, 0) is 13.0 Å². The van der Waals surface area contributed by atoms with Gasteiger partial charge in [0.2, 0.25) is 0 Å². The van der Waals surface area contributed by atoms with Crippen molar-refractivity contribution in [3.8, 4) is 0 Å². The van der Waals surface area contributed by atoms with Gasteiger partial charge in [-0.15, -0.1) is 12.4 Å². The summed E-state index contributed by atoms with van der Waals surface area (Å²) >= 11 is 0. The Labute approximate surface area is 172 Å². The fourth-order valence-corrected chi connectivity index (χ4v) is 3.50. The van der Waals surface area contributed by atoms with Gasteiger partial charge in [-0.25, -0.2) is 4.98 Å². The Morgan fingerprint density at radius 3 is 2.82 bits per heavy atom. The maximum atomic E-state index is 4.65. The largest absolute Gasteiger partial charge is 0.342 e. The Bertz CT molecular complexity index is 994. The smallest absolute Gasteiger partial charge is 0.107 e. The van der Waals surface area contributed by atoms with E-state index in [1.54, 1.807) is 0 Å². The number of H-pyrrole nitrogens is 1. The summed E-state index contributed by atoms with van der Waals surface area (Å²) in [6.45, 7) is 3.18. The number of rotatable bonds is 8. The first-order chi connectivity index (χ1) is 13.3. The van der Waals surface area contributed by atoms with Crippen LogP contribution in [0.2, 0.25) is 0 Å². The van der Waals surface area contributed by atoms with Crippen LogP contribution < -0.4 is 5.32 Å². The molecule has 4 nitrogen and oxygen atoms in total. The van der Waals surface area contributed by atoms with E-state index < -0.39 is 0 Å². The van der Waals surface area contributed by atoms with E-state index in [1.807, 2.05) is 24.5 Å². The van der Waals surface area contributed by atoms with E-state index in [4.69, 9.17) is 0 Å². The van der Waals surface area contributed by atoms with Crippen LogP contribution in [0, 0.1) is 0 Å². The molecule has 2 aromatic carbocycles. The third-order valence-corrected chi connectivity index (χ3v) is 5.10. The minimum atomic E-state index is 0. The molecule has 28 heavy (non-hydrogen) atoms. The summed E-state index contributed by atoms with van der Waals surface area (Å²) in [7, 11) is 0. The SMILES string of the molecule is C[C@H](CCCCc1nc2ccccc2[nH]1)NCc1ccc2cnccc2c1.Cl. The Kier molecular flexibility index (Phi) is 7.01. The highest BCUT2D eigenvalue weighted by molar-refractivity contribution is 5.85. The number of para-hydroxylation sites is 2. The lowest BCUT2D eigenvalue weighted by Crippen LogP contribution is -2.25. The molecule has 0 aliphatic heterocycles. The van der Waals surface area contributed by atoms with Crippen LogP contribution in [0.15, 0.2) is 60.9 Å². The number of benzene rings is 2. The monoisotopic (exact) mass is 394 g/mol. The number of hydrogen-bond donors (Lipinski definition) is 2. The molecule has 0 aliphatic carbocycles. The van der Waals surface area contributed by atoms with Crippen molar-refractivity contribution >= 4 is 34.2 Å². The average Bonchev–Trinajstić information content (AvgIpc) is 3.12. The van der Waals surface area contributed by atoms with E-state index in [1.165, 1.54) is 29.2 Å². The molecule has 0 radical (unpaired) electrons. The number of hydrogen-bond acceptors (Lipinski definition) is 3. The molecule has 0 spiro atoms. The number of aromatic amines is 1. The summed E-state index contributed by atoms with van der Waals surface area (Å²) < 4.78 is 0. The molecule has 4 aromatic rings. The molecule has 0 unspecified atom stereocenters. The highest BCUT2D eigenvalue weighted by Gasteiger charge is 2.05. The fourth-order valence-electron chi connectivity index (χ4n) is 3.50. The highest BCUT2D eigenvalue weighted by Crippen LogP contribution is 2.15. The van der Waals surface area contributed by atoms with Gasteiger partial charge < -0.3 is 10.3 Å². The van der Waals surface area contributed by atoms with E-state index >= 15 is 0 Å². The van der Waals surface area contributed by atoms with Crippen LogP contribution in [0.3, 0.4) is 0 Å². The third-order valence-electron chi connectivity index (χ3n) is 5.10. The zero-order valence-electron chi connectivity index (χ0n) is 16.2. The molecule has 0 saturated carbocycles. The standard InChI is InChI=1S/C23H26N4.ClH/c1-17(25-15-18-10-11-20-16-24-13-12-19(20)14-18)6-2-5-9-23-26-21-7-3-4-8-22(21)27-23;/h3-4,7-8,10-14,16-17,25H,2,5-6,9,15H2,1H3,(H,26,27);1H/t17-;/m1./s1. The maximum absolute atomic E-state index is 4.65. The number of imidazole rings is 1. The lowest BCUT2D eigenvalue weighted by molar-refractivity contribution is 0.488. The lowest BCUT2D eigenvalue weighted by Gasteiger charge is -2.14. The molecule has 146 valence electrons. The van der Waals surface area contributed by atoms with Crippen molar-refractivity contribution in [1.29, 1.82) is 0 Å². The van der Waals surface area contributed by atoms with E-state index in [-0.39, 0.29) is 12.4 Å². The number of fused-ring (bicyclic) bond motifs is 2. The number of aromatic nitrogens is 3. The fraction of sp³-hybridized carbons (Fsp3) is 0.304. The van der Waals surface area contributed by atoms with E-state index in [0.717, 1.165) is 36.2 Å². The summed E-state index contributed by atoms with van der Waals surface area (Å²) in [6.07, 6.45) is 8.32. The molecule has 0 saturated heterocycles. The van der Waals surface area contributed by atoms with Crippen LogP contribution in [0.25, 0.3) is 21.8 Å². The van der Waals surface area contributed by atoms with Gasteiger partial charge in [0.1, 0.15) is 5.82 Å². The lowest BCUT2D eigenvalue weighted by atomic mass is 10.1. The van der Waals surface area contributed by atoms with Gasteiger partial charge in [0.25, 0.3) is 0 Å².